The van der Waals surface area contributed by atoms with E-state index < -0.39 is 5.60 Å². The molecule has 0 aromatic carbocycles. The van der Waals surface area contributed by atoms with Crippen molar-refractivity contribution in [3.63, 3.8) is 0 Å². The standard InChI is InChI=1S/C9H14O/c1-8-4-3-7(5-8)9(2,10)6-8/h3-4,7,10H,5-6H2,1-2H3. The van der Waals surface area contributed by atoms with Crippen LogP contribution in [0.1, 0.15) is 26.7 Å². The third kappa shape index (κ3) is 0.671. The molecule has 0 saturated heterocycles. The van der Waals surface area contributed by atoms with Gasteiger partial charge in [-0.05, 0) is 25.2 Å². The first-order valence-electron chi connectivity index (χ1n) is 3.94. The predicted octanol–water partition coefficient (Wildman–Crippen LogP) is 1.72. The van der Waals surface area contributed by atoms with E-state index in [1.807, 2.05) is 6.92 Å². The Bertz CT molecular complexity index is 193. The largest absolute Gasteiger partial charge is 0.390 e. The Balaban J connectivity index is 2.35. The van der Waals surface area contributed by atoms with Crippen molar-refractivity contribution in [1.82, 2.24) is 0 Å². The molecule has 1 fully saturated rings. The highest BCUT2D eigenvalue weighted by Crippen LogP contribution is 2.53. The molecule has 2 rings (SSSR count). The maximum absolute atomic E-state index is 9.80. The molecule has 3 unspecified atom stereocenters. The van der Waals surface area contributed by atoms with Gasteiger partial charge in [-0.15, -0.1) is 0 Å². The molecule has 0 aromatic rings. The van der Waals surface area contributed by atoms with Crippen molar-refractivity contribution in [2.24, 2.45) is 11.3 Å². The molecule has 2 bridgehead atoms. The Kier molecular flexibility index (Phi) is 0.946. The molecular weight excluding hydrogens is 124 g/mol. The Morgan fingerprint density at radius 2 is 2.20 bits per heavy atom. The van der Waals surface area contributed by atoms with Gasteiger partial charge in [0.2, 0.25) is 0 Å². The van der Waals surface area contributed by atoms with Crippen molar-refractivity contribution in [2.45, 2.75) is 32.3 Å². The molecular formula is C9H14O. The summed E-state index contributed by atoms with van der Waals surface area (Å²) >= 11 is 0. The quantitative estimate of drug-likeness (QED) is 0.505. The van der Waals surface area contributed by atoms with Gasteiger partial charge in [0, 0.05) is 5.92 Å². The second-order valence-electron chi connectivity index (χ2n) is 4.36. The van der Waals surface area contributed by atoms with Crippen LogP contribution in [0.15, 0.2) is 12.2 Å². The van der Waals surface area contributed by atoms with Crippen LogP contribution in [0.4, 0.5) is 0 Å². The second-order valence-corrected chi connectivity index (χ2v) is 4.36. The van der Waals surface area contributed by atoms with Gasteiger partial charge in [-0.25, -0.2) is 0 Å². The number of aliphatic hydroxyl groups is 1. The number of hydrogen-bond acceptors (Lipinski definition) is 1. The molecule has 2 aliphatic carbocycles. The summed E-state index contributed by atoms with van der Waals surface area (Å²) in [5.74, 6) is 0.428. The van der Waals surface area contributed by atoms with Gasteiger partial charge in [0.1, 0.15) is 0 Å². The third-order valence-corrected chi connectivity index (χ3v) is 2.98. The van der Waals surface area contributed by atoms with Crippen LogP contribution in [0.5, 0.6) is 0 Å². The lowest BCUT2D eigenvalue weighted by Gasteiger charge is -2.27. The molecule has 0 amide bonds. The van der Waals surface area contributed by atoms with Gasteiger partial charge >= 0.3 is 0 Å². The Hall–Kier alpha value is -0.300. The first-order valence-corrected chi connectivity index (χ1v) is 3.94. The van der Waals surface area contributed by atoms with E-state index in [0.717, 1.165) is 12.8 Å². The minimum Gasteiger partial charge on any atom is -0.390 e. The van der Waals surface area contributed by atoms with Gasteiger partial charge in [0.05, 0.1) is 5.60 Å². The van der Waals surface area contributed by atoms with Crippen LogP contribution in [0.3, 0.4) is 0 Å². The van der Waals surface area contributed by atoms with Crippen molar-refractivity contribution in [3.8, 4) is 0 Å². The SMILES string of the molecule is CC12C=CC(C1)C(C)(O)C2. The van der Waals surface area contributed by atoms with E-state index in [1.54, 1.807) is 0 Å². The summed E-state index contributed by atoms with van der Waals surface area (Å²) < 4.78 is 0. The molecule has 0 aromatic heterocycles. The molecule has 1 saturated carbocycles. The van der Waals surface area contributed by atoms with Crippen LogP contribution in [0, 0.1) is 11.3 Å². The fraction of sp³-hybridized carbons (Fsp3) is 0.778. The van der Waals surface area contributed by atoms with E-state index in [2.05, 4.69) is 19.1 Å². The lowest BCUT2D eigenvalue weighted by Crippen LogP contribution is -2.30. The summed E-state index contributed by atoms with van der Waals surface area (Å²) in [5, 5.41) is 9.80. The Morgan fingerprint density at radius 3 is 2.40 bits per heavy atom. The maximum Gasteiger partial charge on any atom is 0.0690 e. The molecule has 0 spiro atoms. The van der Waals surface area contributed by atoms with Crippen LogP contribution in [0.2, 0.25) is 0 Å². The fourth-order valence-corrected chi connectivity index (χ4v) is 2.49. The lowest BCUT2D eigenvalue weighted by atomic mass is 9.85. The zero-order chi connectivity index (χ0) is 7.41. The van der Waals surface area contributed by atoms with E-state index >= 15 is 0 Å². The van der Waals surface area contributed by atoms with Crippen LogP contribution in [-0.4, -0.2) is 10.7 Å². The van der Waals surface area contributed by atoms with E-state index in [0.29, 0.717) is 11.3 Å². The van der Waals surface area contributed by atoms with Crippen molar-refractivity contribution >= 4 is 0 Å². The third-order valence-electron chi connectivity index (χ3n) is 2.98. The molecule has 0 heterocycles. The number of rotatable bonds is 0. The van der Waals surface area contributed by atoms with Crippen molar-refractivity contribution in [1.29, 1.82) is 0 Å². The molecule has 3 atom stereocenters. The highest BCUT2D eigenvalue weighted by Gasteiger charge is 2.50. The average molecular weight is 138 g/mol. The summed E-state index contributed by atoms with van der Waals surface area (Å²) in [4.78, 5) is 0. The van der Waals surface area contributed by atoms with Crippen molar-refractivity contribution in [3.05, 3.63) is 12.2 Å². The van der Waals surface area contributed by atoms with Crippen LogP contribution in [-0.2, 0) is 0 Å². The van der Waals surface area contributed by atoms with E-state index in [4.69, 9.17) is 0 Å². The zero-order valence-electron chi connectivity index (χ0n) is 6.59. The Labute approximate surface area is 61.8 Å². The minimum absolute atomic E-state index is 0.314. The number of fused-ring (bicyclic) bond motifs is 2. The molecule has 1 N–H and O–H groups in total. The summed E-state index contributed by atoms with van der Waals surface area (Å²) in [6.07, 6.45) is 6.53. The monoisotopic (exact) mass is 138 g/mol. The lowest BCUT2D eigenvalue weighted by molar-refractivity contribution is 0.0296. The summed E-state index contributed by atoms with van der Waals surface area (Å²) in [6, 6.07) is 0. The summed E-state index contributed by atoms with van der Waals surface area (Å²) in [6.45, 7) is 4.18. The van der Waals surface area contributed by atoms with Crippen LogP contribution in [0.25, 0.3) is 0 Å². The summed E-state index contributed by atoms with van der Waals surface area (Å²) in [5.41, 5.74) is -0.0995. The second kappa shape index (κ2) is 1.48. The van der Waals surface area contributed by atoms with Gasteiger partial charge in [0.25, 0.3) is 0 Å². The molecule has 2 aliphatic rings. The fourth-order valence-electron chi connectivity index (χ4n) is 2.49. The number of hydrogen-bond donors (Lipinski definition) is 1. The minimum atomic E-state index is -0.413. The zero-order valence-corrected chi connectivity index (χ0v) is 6.59. The average Bonchev–Trinajstić information content (AvgIpc) is 2.16. The maximum atomic E-state index is 9.80. The first kappa shape index (κ1) is 6.41. The molecule has 0 aliphatic heterocycles. The topological polar surface area (TPSA) is 20.2 Å². The number of allylic oxidation sites excluding steroid dienone is 1. The molecule has 1 heteroatoms. The molecule has 56 valence electrons. The normalized spacial score (nSPS) is 58.1. The molecule has 1 nitrogen and oxygen atoms in total. The van der Waals surface area contributed by atoms with Gasteiger partial charge in [-0.3, -0.25) is 0 Å². The summed E-state index contributed by atoms with van der Waals surface area (Å²) in [7, 11) is 0. The van der Waals surface area contributed by atoms with Gasteiger partial charge in [0.15, 0.2) is 0 Å². The first-order chi connectivity index (χ1) is 4.52. The Morgan fingerprint density at radius 1 is 1.50 bits per heavy atom. The molecule has 0 radical (unpaired) electrons. The van der Waals surface area contributed by atoms with E-state index in [1.165, 1.54) is 0 Å². The van der Waals surface area contributed by atoms with Crippen molar-refractivity contribution in [2.75, 3.05) is 0 Å². The van der Waals surface area contributed by atoms with Gasteiger partial charge < -0.3 is 5.11 Å². The predicted molar refractivity (Wildman–Crippen MR) is 40.6 cm³/mol. The highest BCUT2D eigenvalue weighted by atomic mass is 16.3. The van der Waals surface area contributed by atoms with Crippen LogP contribution >= 0.6 is 0 Å². The van der Waals surface area contributed by atoms with Crippen molar-refractivity contribution < 1.29 is 5.11 Å². The van der Waals surface area contributed by atoms with Crippen LogP contribution < -0.4 is 0 Å². The van der Waals surface area contributed by atoms with Gasteiger partial charge in [-0.1, -0.05) is 19.1 Å². The smallest absolute Gasteiger partial charge is 0.0690 e. The van der Waals surface area contributed by atoms with Gasteiger partial charge in [-0.2, -0.15) is 0 Å². The molecule has 10 heavy (non-hydrogen) atoms. The van der Waals surface area contributed by atoms with E-state index in [-0.39, 0.29) is 0 Å². The van der Waals surface area contributed by atoms with E-state index in [9.17, 15) is 5.11 Å². The highest BCUT2D eigenvalue weighted by molar-refractivity contribution is 5.20.